The first-order valence-electron chi connectivity index (χ1n) is 11.5. The number of piperidine rings is 1. The highest BCUT2D eigenvalue weighted by molar-refractivity contribution is 9.10. The van der Waals surface area contributed by atoms with E-state index >= 15 is 0 Å². The van der Waals surface area contributed by atoms with E-state index in [1.165, 1.54) is 0 Å². The number of carbonyl (C=O) groups is 3. The van der Waals surface area contributed by atoms with Crippen LogP contribution in [0.5, 0.6) is 5.75 Å². The van der Waals surface area contributed by atoms with Crippen molar-refractivity contribution in [3.63, 3.8) is 0 Å². The van der Waals surface area contributed by atoms with Crippen molar-refractivity contribution in [1.29, 1.82) is 5.26 Å². The molecule has 1 aliphatic heterocycles. The van der Waals surface area contributed by atoms with Gasteiger partial charge in [0.25, 0.3) is 5.91 Å². The fraction of sp³-hybridized carbons (Fsp3) is 0.500. The number of methoxy groups -OCH3 is 1. The number of ether oxygens (including phenoxy) is 1. The molecule has 1 aromatic carbocycles. The van der Waals surface area contributed by atoms with Crippen molar-refractivity contribution in [2.24, 2.45) is 11.8 Å². The van der Waals surface area contributed by atoms with E-state index in [2.05, 4.69) is 42.9 Å². The van der Waals surface area contributed by atoms with Crippen molar-refractivity contribution in [3.05, 3.63) is 28.4 Å². The maximum Gasteiger partial charge on any atom is 0.268 e. The average Bonchev–Trinajstić information content (AvgIpc) is 3.54. The standard InChI is InChI=1S/C24H28BrN5O4/c1-34-21-10-15(25)9-18-17(21)11-20(29-18)24(33)30-19(7-13-4-5-13)23(32)28-16(12-26)8-14-3-2-6-27-22(14)31/h9-11,13-14,16,19,29H,2-8H2,1H3,(H,27,31)(H,28,32)(H,30,33)/t14?,16-,19?/m0/s1. The number of rotatable bonds is 9. The molecule has 3 atom stereocenters. The van der Waals surface area contributed by atoms with Crippen LogP contribution in [0, 0.1) is 23.2 Å². The molecule has 2 fully saturated rings. The topological polar surface area (TPSA) is 136 Å². The number of halogens is 1. The smallest absolute Gasteiger partial charge is 0.268 e. The van der Waals surface area contributed by atoms with E-state index in [4.69, 9.17) is 4.74 Å². The molecule has 0 bridgehead atoms. The van der Waals surface area contributed by atoms with Gasteiger partial charge >= 0.3 is 0 Å². The first-order valence-corrected chi connectivity index (χ1v) is 12.3. The lowest BCUT2D eigenvalue weighted by molar-refractivity contribution is -0.128. The zero-order chi connectivity index (χ0) is 24.2. The molecule has 0 radical (unpaired) electrons. The van der Waals surface area contributed by atoms with Gasteiger partial charge in [0, 0.05) is 22.3 Å². The highest BCUT2D eigenvalue weighted by Crippen LogP contribution is 2.34. The number of benzene rings is 1. The molecular formula is C24H28BrN5O4. The molecule has 1 aliphatic carbocycles. The summed E-state index contributed by atoms with van der Waals surface area (Å²) >= 11 is 3.43. The average molecular weight is 530 g/mol. The zero-order valence-corrected chi connectivity index (χ0v) is 20.5. The predicted octanol–water partition coefficient (Wildman–Crippen LogP) is 2.76. The Balaban J connectivity index is 1.45. The summed E-state index contributed by atoms with van der Waals surface area (Å²) in [4.78, 5) is 41.2. The van der Waals surface area contributed by atoms with Crippen molar-refractivity contribution in [2.45, 2.75) is 50.6 Å². The molecule has 2 aromatic rings. The zero-order valence-electron chi connectivity index (χ0n) is 18.9. The highest BCUT2D eigenvalue weighted by atomic mass is 79.9. The fourth-order valence-electron chi connectivity index (χ4n) is 4.38. The second-order valence-electron chi connectivity index (χ2n) is 9.01. The molecule has 1 aromatic heterocycles. The normalized spacial score (nSPS) is 19.6. The first kappa shape index (κ1) is 24.1. The molecule has 1 saturated heterocycles. The Morgan fingerprint density at radius 1 is 1.24 bits per heavy atom. The molecule has 34 heavy (non-hydrogen) atoms. The van der Waals surface area contributed by atoms with Gasteiger partial charge in [-0.2, -0.15) is 5.26 Å². The Labute approximate surface area is 206 Å². The van der Waals surface area contributed by atoms with Crippen molar-refractivity contribution >= 4 is 44.6 Å². The van der Waals surface area contributed by atoms with Gasteiger partial charge in [-0.15, -0.1) is 0 Å². The van der Waals surface area contributed by atoms with Gasteiger partial charge in [-0.25, -0.2) is 0 Å². The van der Waals surface area contributed by atoms with Crippen LogP contribution in [-0.4, -0.2) is 48.4 Å². The van der Waals surface area contributed by atoms with Crippen LogP contribution in [-0.2, 0) is 9.59 Å². The number of nitrogens with one attached hydrogen (secondary N) is 4. The lowest BCUT2D eigenvalue weighted by Crippen LogP contribution is -2.50. The molecule has 9 nitrogen and oxygen atoms in total. The quantitative estimate of drug-likeness (QED) is 0.395. The minimum Gasteiger partial charge on any atom is -0.496 e. The number of nitriles is 1. The van der Waals surface area contributed by atoms with Crippen LogP contribution in [0.4, 0.5) is 0 Å². The summed E-state index contributed by atoms with van der Waals surface area (Å²) in [5, 5.41) is 18.7. The number of hydrogen-bond donors (Lipinski definition) is 4. The number of H-pyrrole nitrogens is 1. The second-order valence-corrected chi connectivity index (χ2v) is 9.93. The van der Waals surface area contributed by atoms with Crippen LogP contribution in [0.15, 0.2) is 22.7 Å². The van der Waals surface area contributed by atoms with Crippen LogP contribution >= 0.6 is 15.9 Å². The van der Waals surface area contributed by atoms with E-state index in [9.17, 15) is 19.6 Å². The van der Waals surface area contributed by atoms with Gasteiger partial charge in [0.2, 0.25) is 11.8 Å². The van der Waals surface area contributed by atoms with Crippen molar-refractivity contribution < 1.29 is 19.1 Å². The van der Waals surface area contributed by atoms with Crippen molar-refractivity contribution in [2.75, 3.05) is 13.7 Å². The SMILES string of the molecule is COc1cc(Br)cc2[nH]c(C(=O)NC(CC3CC3)C(=O)N[C@H](C#N)CC3CCCNC3=O)cc12. The highest BCUT2D eigenvalue weighted by Gasteiger charge is 2.33. The number of fused-ring (bicyclic) bond motifs is 1. The summed E-state index contributed by atoms with van der Waals surface area (Å²) < 4.78 is 6.21. The minimum absolute atomic E-state index is 0.0792. The van der Waals surface area contributed by atoms with Crippen LogP contribution < -0.4 is 20.7 Å². The minimum atomic E-state index is -0.797. The molecule has 1 saturated carbocycles. The van der Waals surface area contributed by atoms with Gasteiger partial charge in [-0.05, 0) is 49.8 Å². The summed E-state index contributed by atoms with van der Waals surface area (Å²) in [7, 11) is 1.56. The number of hydrogen-bond acceptors (Lipinski definition) is 5. The maximum atomic E-state index is 13.1. The molecule has 0 spiro atoms. The third-order valence-electron chi connectivity index (χ3n) is 6.41. The van der Waals surface area contributed by atoms with Crippen LogP contribution in [0.1, 0.15) is 49.0 Å². The van der Waals surface area contributed by atoms with Crippen LogP contribution in [0.25, 0.3) is 10.9 Å². The maximum absolute atomic E-state index is 13.1. The Morgan fingerprint density at radius 3 is 2.71 bits per heavy atom. The van der Waals surface area contributed by atoms with Gasteiger partial charge in [0.1, 0.15) is 23.5 Å². The number of amides is 3. The van der Waals surface area contributed by atoms with Crippen LogP contribution in [0.2, 0.25) is 0 Å². The van der Waals surface area contributed by atoms with E-state index < -0.39 is 23.9 Å². The first-order chi connectivity index (χ1) is 16.4. The summed E-state index contributed by atoms with van der Waals surface area (Å²) in [5.74, 6) is -0.190. The molecule has 180 valence electrons. The Kier molecular flexibility index (Phi) is 7.41. The summed E-state index contributed by atoms with van der Waals surface area (Å²) in [5.41, 5.74) is 1.05. The monoisotopic (exact) mass is 529 g/mol. The molecule has 2 heterocycles. The summed E-state index contributed by atoms with van der Waals surface area (Å²) in [6.45, 7) is 0.644. The summed E-state index contributed by atoms with van der Waals surface area (Å²) in [6.07, 6.45) is 4.35. The van der Waals surface area contributed by atoms with Gasteiger partial charge in [-0.1, -0.05) is 28.8 Å². The Hall–Kier alpha value is -3.06. The third-order valence-corrected chi connectivity index (χ3v) is 6.87. The lowest BCUT2D eigenvalue weighted by atomic mass is 9.92. The molecule has 2 unspecified atom stereocenters. The largest absolute Gasteiger partial charge is 0.496 e. The molecule has 2 aliphatic rings. The van der Waals surface area contributed by atoms with Gasteiger partial charge in [0.05, 0.1) is 18.7 Å². The van der Waals surface area contributed by atoms with Crippen molar-refractivity contribution in [3.8, 4) is 11.8 Å². The van der Waals surface area contributed by atoms with E-state index in [1.54, 1.807) is 13.2 Å². The van der Waals surface area contributed by atoms with Gasteiger partial charge in [0.15, 0.2) is 0 Å². The molecule has 10 heteroatoms. The predicted molar refractivity (Wildman–Crippen MR) is 129 cm³/mol. The fourth-order valence-corrected chi connectivity index (χ4v) is 4.81. The summed E-state index contributed by atoms with van der Waals surface area (Å²) in [6, 6.07) is 5.89. The van der Waals surface area contributed by atoms with Gasteiger partial charge in [-0.3, -0.25) is 14.4 Å². The number of aromatic nitrogens is 1. The van der Waals surface area contributed by atoms with Gasteiger partial charge < -0.3 is 25.7 Å². The number of nitrogens with zero attached hydrogens (tertiary/aromatic N) is 1. The second kappa shape index (κ2) is 10.5. The molecular weight excluding hydrogens is 502 g/mol. The third kappa shape index (κ3) is 5.70. The molecule has 4 N–H and O–H groups in total. The number of carbonyl (C=O) groups excluding carboxylic acids is 3. The van der Waals surface area contributed by atoms with E-state index in [-0.39, 0.29) is 18.2 Å². The Bertz CT molecular complexity index is 1140. The van der Waals surface area contributed by atoms with Crippen LogP contribution in [0.3, 0.4) is 0 Å². The van der Waals surface area contributed by atoms with E-state index in [1.807, 2.05) is 12.1 Å². The van der Waals surface area contributed by atoms with Crippen molar-refractivity contribution in [1.82, 2.24) is 20.9 Å². The van der Waals surface area contributed by atoms with E-state index in [0.717, 1.165) is 34.6 Å². The van der Waals surface area contributed by atoms with E-state index in [0.29, 0.717) is 36.7 Å². The lowest BCUT2D eigenvalue weighted by Gasteiger charge is -2.25. The molecule has 3 amide bonds. The molecule has 4 rings (SSSR count). The number of aromatic amines is 1. The Morgan fingerprint density at radius 2 is 2.03 bits per heavy atom.